The fraction of sp³-hybridized carbons (Fsp3) is 0.100. The van der Waals surface area contributed by atoms with Crippen molar-refractivity contribution in [1.82, 2.24) is 19.5 Å². The summed E-state index contributed by atoms with van der Waals surface area (Å²) in [6, 6.07) is 24.2. The van der Waals surface area contributed by atoms with Gasteiger partial charge in [0.1, 0.15) is 37.6 Å². The summed E-state index contributed by atoms with van der Waals surface area (Å²) in [5.74, 6) is 0.487. The second-order valence-electron chi connectivity index (χ2n) is 8.53. The highest BCUT2D eigenvalue weighted by Gasteiger charge is 2.22. The molecule has 0 N–H and O–H groups in total. The number of carbonyl (C=O) groups is 1. The van der Waals surface area contributed by atoms with Gasteiger partial charge in [0.05, 0.1) is 28.2 Å². The normalized spacial score (nSPS) is 10.6. The SMILES string of the molecule is O=C(OCc1ccccc1)OCc1c(-c2ncccc2OCc2ccccc2)cc(Br)c(=O)n1-c1cncnc1. The molecule has 0 atom stereocenters. The third-order valence-corrected chi connectivity index (χ3v) is 6.42. The van der Waals surface area contributed by atoms with Crippen molar-refractivity contribution in [2.75, 3.05) is 0 Å². The van der Waals surface area contributed by atoms with E-state index in [1.165, 1.54) is 23.3 Å². The molecule has 3 aromatic heterocycles. The lowest BCUT2D eigenvalue weighted by Crippen LogP contribution is -2.25. The van der Waals surface area contributed by atoms with Crippen LogP contribution in [0.2, 0.25) is 0 Å². The van der Waals surface area contributed by atoms with Crippen LogP contribution < -0.4 is 10.3 Å². The van der Waals surface area contributed by atoms with E-state index in [0.717, 1.165) is 11.1 Å². The van der Waals surface area contributed by atoms with Crippen LogP contribution in [0.5, 0.6) is 5.75 Å². The number of hydrogen-bond acceptors (Lipinski definition) is 8. The quantitative estimate of drug-likeness (QED) is 0.193. The Hall–Kier alpha value is -4.83. The van der Waals surface area contributed by atoms with Crippen LogP contribution in [-0.2, 0) is 29.3 Å². The molecule has 200 valence electrons. The van der Waals surface area contributed by atoms with Crippen molar-refractivity contribution in [2.24, 2.45) is 0 Å². The Morgan fingerprint density at radius 2 is 1.48 bits per heavy atom. The fourth-order valence-corrected chi connectivity index (χ4v) is 4.39. The maximum atomic E-state index is 13.4. The molecule has 0 fully saturated rings. The largest absolute Gasteiger partial charge is 0.508 e. The summed E-state index contributed by atoms with van der Waals surface area (Å²) in [7, 11) is 0. The Kier molecular flexibility index (Phi) is 8.57. The first kappa shape index (κ1) is 26.8. The van der Waals surface area contributed by atoms with Crippen LogP contribution in [0.4, 0.5) is 4.79 Å². The van der Waals surface area contributed by atoms with Crippen LogP contribution >= 0.6 is 15.9 Å². The number of aromatic nitrogens is 4. The van der Waals surface area contributed by atoms with E-state index in [0.29, 0.717) is 35.0 Å². The molecule has 0 saturated carbocycles. The molecule has 5 aromatic rings. The highest BCUT2D eigenvalue weighted by atomic mass is 79.9. The summed E-state index contributed by atoms with van der Waals surface area (Å²) in [4.78, 5) is 38.6. The number of hydrogen-bond donors (Lipinski definition) is 0. The second kappa shape index (κ2) is 12.8. The van der Waals surface area contributed by atoms with Crippen molar-refractivity contribution in [3.8, 4) is 22.7 Å². The molecule has 3 heterocycles. The first-order valence-electron chi connectivity index (χ1n) is 12.3. The maximum Gasteiger partial charge on any atom is 0.508 e. The third kappa shape index (κ3) is 6.41. The molecule has 0 radical (unpaired) electrons. The molecule has 0 aliphatic carbocycles. The first-order valence-corrected chi connectivity index (χ1v) is 13.0. The van der Waals surface area contributed by atoms with Gasteiger partial charge in [-0.15, -0.1) is 0 Å². The van der Waals surface area contributed by atoms with Gasteiger partial charge in [0.15, 0.2) is 0 Å². The van der Waals surface area contributed by atoms with Gasteiger partial charge in [-0.05, 0) is 45.3 Å². The standard InChI is InChI=1S/C30H23BrN4O5/c31-25-14-24(28-27(12-7-13-34-28)38-17-21-8-3-1-4-9-21)26(35(29(25)36)23-15-32-20-33-16-23)19-40-30(37)39-18-22-10-5-2-6-11-22/h1-16,20H,17-19H2. The Bertz CT molecular complexity index is 1650. The second-order valence-corrected chi connectivity index (χ2v) is 9.38. The number of pyridine rings is 2. The van der Waals surface area contributed by atoms with Crippen molar-refractivity contribution in [3.05, 3.63) is 135 Å². The minimum atomic E-state index is -0.886. The van der Waals surface area contributed by atoms with Crippen molar-refractivity contribution in [3.63, 3.8) is 0 Å². The molecule has 0 spiro atoms. The van der Waals surface area contributed by atoms with E-state index < -0.39 is 11.7 Å². The van der Waals surface area contributed by atoms with Crippen LogP contribution in [0.3, 0.4) is 0 Å². The van der Waals surface area contributed by atoms with E-state index in [4.69, 9.17) is 14.2 Å². The molecule has 0 amide bonds. The van der Waals surface area contributed by atoms with Gasteiger partial charge in [-0.25, -0.2) is 14.8 Å². The van der Waals surface area contributed by atoms with Gasteiger partial charge in [-0.2, -0.15) is 0 Å². The molecule has 0 aliphatic rings. The number of nitrogens with zero attached hydrogens (tertiary/aromatic N) is 4. The average molecular weight is 599 g/mol. The molecule has 5 rings (SSSR count). The van der Waals surface area contributed by atoms with Crippen molar-refractivity contribution < 1.29 is 19.0 Å². The molecule has 2 aromatic carbocycles. The van der Waals surface area contributed by atoms with Gasteiger partial charge >= 0.3 is 6.16 Å². The molecule has 10 heteroatoms. The van der Waals surface area contributed by atoms with Gasteiger partial charge < -0.3 is 14.2 Å². The maximum absolute atomic E-state index is 13.4. The molecule has 0 unspecified atom stereocenters. The predicted octanol–water partition coefficient (Wildman–Crippen LogP) is 5.88. The van der Waals surface area contributed by atoms with E-state index in [-0.39, 0.29) is 17.7 Å². The highest BCUT2D eigenvalue weighted by Crippen LogP contribution is 2.33. The van der Waals surface area contributed by atoms with Crippen molar-refractivity contribution in [1.29, 1.82) is 0 Å². The van der Waals surface area contributed by atoms with Gasteiger partial charge in [0.25, 0.3) is 5.56 Å². The van der Waals surface area contributed by atoms with E-state index >= 15 is 0 Å². The Morgan fingerprint density at radius 1 is 0.825 bits per heavy atom. The number of rotatable bonds is 9. The summed E-state index contributed by atoms with van der Waals surface area (Å²) >= 11 is 3.38. The number of benzene rings is 2. The van der Waals surface area contributed by atoms with Crippen molar-refractivity contribution >= 4 is 22.1 Å². The number of carbonyl (C=O) groups excluding carboxylic acids is 1. The van der Waals surface area contributed by atoms with Gasteiger partial charge in [-0.3, -0.25) is 14.3 Å². The minimum Gasteiger partial charge on any atom is -0.487 e. The monoisotopic (exact) mass is 598 g/mol. The van der Waals surface area contributed by atoms with Gasteiger partial charge in [-0.1, -0.05) is 60.7 Å². The molecule has 40 heavy (non-hydrogen) atoms. The van der Waals surface area contributed by atoms with E-state index in [1.807, 2.05) is 60.7 Å². The van der Waals surface area contributed by atoms with E-state index in [1.54, 1.807) is 24.4 Å². The lowest BCUT2D eigenvalue weighted by atomic mass is 10.1. The summed E-state index contributed by atoms with van der Waals surface area (Å²) in [5.41, 5.74) is 3.09. The lowest BCUT2D eigenvalue weighted by molar-refractivity contribution is 0.0435. The lowest BCUT2D eigenvalue weighted by Gasteiger charge is -2.19. The fourth-order valence-electron chi connectivity index (χ4n) is 3.98. The van der Waals surface area contributed by atoms with Crippen LogP contribution in [0, 0.1) is 0 Å². The average Bonchev–Trinajstić information content (AvgIpc) is 3.01. The topological polar surface area (TPSA) is 105 Å². The third-order valence-electron chi connectivity index (χ3n) is 5.85. The predicted molar refractivity (Wildman–Crippen MR) is 151 cm³/mol. The Labute approximate surface area is 238 Å². The summed E-state index contributed by atoms with van der Waals surface area (Å²) in [6.45, 7) is 0.0590. The van der Waals surface area contributed by atoms with E-state index in [2.05, 4.69) is 30.9 Å². The molecule has 0 aliphatic heterocycles. The van der Waals surface area contributed by atoms with Crippen LogP contribution in [0.25, 0.3) is 16.9 Å². The smallest absolute Gasteiger partial charge is 0.487 e. The Morgan fingerprint density at radius 3 is 2.17 bits per heavy atom. The molecule has 0 saturated heterocycles. The van der Waals surface area contributed by atoms with Gasteiger partial charge in [0.2, 0.25) is 0 Å². The summed E-state index contributed by atoms with van der Waals surface area (Å²) < 4.78 is 18.6. The van der Waals surface area contributed by atoms with Crippen LogP contribution in [-0.4, -0.2) is 25.7 Å². The van der Waals surface area contributed by atoms with E-state index in [9.17, 15) is 9.59 Å². The zero-order chi connectivity index (χ0) is 27.7. The summed E-state index contributed by atoms with van der Waals surface area (Å²) in [5, 5.41) is 0. The number of ether oxygens (including phenoxy) is 3. The van der Waals surface area contributed by atoms with Gasteiger partial charge in [0, 0.05) is 11.8 Å². The zero-order valence-electron chi connectivity index (χ0n) is 21.1. The van der Waals surface area contributed by atoms with Crippen LogP contribution in [0.15, 0.2) is 113 Å². The number of halogens is 1. The summed E-state index contributed by atoms with van der Waals surface area (Å²) in [6.07, 6.45) is 5.08. The molecule has 9 nitrogen and oxygen atoms in total. The van der Waals surface area contributed by atoms with Crippen LogP contribution in [0.1, 0.15) is 16.8 Å². The minimum absolute atomic E-state index is 0.0455. The van der Waals surface area contributed by atoms with Crippen molar-refractivity contribution in [2.45, 2.75) is 19.8 Å². The molecule has 0 bridgehead atoms. The molecular formula is C30H23BrN4O5. The molecular weight excluding hydrogens is 576 g/mol. The highest BCUT2D eigenvalue weighted by molar-refractivity contribution is 9.10. The Balaban J connectivity index is 1.51. The first-order chi connectivity index (χ1) is 19.6. The zero-order valence-corrected chi connectivity index (χ0v) is 22.7.